The summed E-state index contributed by atoms with van der Waals surface area (Å²) in [6.45, 7) is 2.17. The van der Waals surface area contributed by atoms with Crippen LogP contribution in [0.15, 0.2) is 0 Å². The first-order valence-corrected chi connectivity index (χ1v) is 3.50. The van der Waals surface area contributed by atoms with Crippen LogP contribution in [0.4, 0.5) is 0 Å². The van der Waals surface area contributed by atoms with E-state index >= 15 is 0 Å². The molecule has 0 spiro atoms. The minimum atomic E-state index is -0.833. The van der Waals surface area contributed by atoms with Gasteiger partial charge in [0.1, 0.15) is 0 Å². The summed E-state index contributed by atoms with van der Waals surface area (Å²) in [5.74, 6) is -1.11. The summed E-state index contributed by atoms with van der Waals surface area (Å²) in [6, 6.07) is 0. The molecule has 0 fully saturated rings. The number of nitrogens with one attached hydrogen (secondary N) is 1. The minimum absolute atomic E-state index is 0.556. The molecule has 0 aliphatic carbocycles. The Morgan fingerprint density at radius 2 is 1.42 bits per heavy atom. The van der Waals surface area contributed by atoms with Crippen molar-refractivity contribution in [2.45, 2.75) is 13.8 Å². The van der Waals surface area contributed by atoms with Gasteiger partial charge < -0.3 is 15.6 Å². The van der Waals surface area contributed by atoms with Gasteiger partial charge in [0.25, 0.3) is 11.9 Å². The van der Waals surface area contributed by atoms with Crippen molar-refractivity contribution in [3.63, 3.8) is 0 Å². The van der Waals surface area contributed by atoms with Crippen LogP contribution in [0.3, 0.4) is 0 Å². The molecule has 12 heavy (non-hydrogen) atoms. The van der Waals surface area contributed by atoms with Gasteiger partial charge in [0.05, 0.1) is 0 Å². The van der Waals surface area contributed by atoms with Gasteiger partial charge in [-0.05, 0) is 0 Å². The minimum Gasteiger partial charge on any atom is -0.481 e. The van der Waals surface area contributed by atoms with Crippen molar-refractivity contribution in [1.82, 2.24) is 0 Å². The predicted octanol–water partition coefficient (Wildman–Crippen LogP) is 0.748. The lowest BCUT2D eigenvalue weighted by Gasteiger charge is -1.59. The van der Waals surface area contributed by atoms with E-state index in [9.17, 15) is 0 Å². The normalized spacial score (nSPS) is 6.25. The Hall–Kier alpha value is -1.04. The second-order valence-electron chi connectivity index (χ2n) is 1.42. The highest BCUT2D eigenvalue weighted by Crippen LogP contribution is 1.56. The fourth-order valence-electron chi connectivity index (χ4n) is 0. The average molecular weight is 195 g/mol. The van der Waals surface area contributed by atoms with E-state index in [0.717, 1.165) is 13.8 Å². The number of carboxylic acid groups (broad SMARTS) is 2. The maximum absolute atomic E-state index is 9.00. The summed E-state index contributed by atoms with van der Waals surface area (Å²) < 4.78 is 0. The molecule has 0 aliphatic heterocycles. The number of carboxylic acids is 2. The van der Waals surface area contributed by atoms with Crippen LogP contribution in [0.1, 0.15) is 13.8 Å². The third kappa shape index (κ3) is 355000. The predicted molar refractivity (Wildman–Crippen MR) is 49.3 cm³/mol. The SMILES string of the molecule is CC(=O)O.CC(=O)O.N=CCS. The van der Waals surface area contributed by atoms with Crippen LogP contribution >= 0.6 is 12.6 Å². The number of aliphatic carboxylic acids is 2. The Kier molecular flexibility index (Phi) is 23.6. The van der Waals surface area contributed by atoms with Crippen molar-refractivity contribution < 1.29 is 19.8 Å². The van der Waals surface area contributed by atoms with Crippen molar-refractivity contribution in [3.05, 3.63) is 0 Å². The van der Waals surface area contributed by atoms with E-state index in [2.05, 4.69) is 12.6 Å². The topological polar surface area (TPSA) is 98.4 Å². The third-order valence-corrected chi connectivity index (χ3v) is 0.274. The second-order valence-corrected chi connectivity index (χ2v) is 1.79. The maximum atomic E-state index is 9.00. The average Bonchev–Trinajstić information content (AvgIpc) is 1.85. The van der Waals surface area contributed by atoms with E-state index in [4.69, 9.17) is 25.2 Å². The van der Waals surface area contributed by atoms with Gasteiger partial charge in [-0.1, -0.05) is 0 Å². The lowest BCUT2D eigenvalue weighted by molar-refractivity contribution is -0.135. The van der Waals surface area contributed by atoms with Gasteiger partial charge in [-0.15, -0.1) is 0 Å². The summed E-state index contributed by atoms with van der Waals surface area (Å²) in [5.41, 5.74) is 0. The quantitative estimate of drug-likeness (QED) is 0.366. The first-order chi connectivity index (χ1) is 5.38. The number of thiol groups is 1. The third-order valence-electron chi connectivity index (χ3n) is 0.0913. The summed E-state index contributed by atoms with van der Waals surface area (Å²) in [5, 5.41) is 21.1. The van der Waals surface area contributed by atoms with E-state index in [-0.39, 0.29) is 0 Å². The fourth-order valence-corrected chi connectivity index (χ4v) is 0. The van der Waals surface area contributed by atoms with Crippen LogP contribution in [0.25, 0.3) is 0 Å². The van der Waals surface area contributed by atoms with E-state index < -0.39 is 11.9 Å². The summed E-state index contributed by atoms with van der Waals surface area (Å²) >= 11 is 3.68. The number of rotatable bonds is 1. The molecular weight excluding hydrogens is 182 g/mol. The van der Waals surface area contributed by atoms with Gasteiger partial charge in [-0.2, -0.15) is 12.6 Å². The van der Waals surface area contributed by atoms with Crippen molar-refractivity contribution >= 4 is 30.8 Å². The molecule has 0 bridgehead atoms. The Bertz CT molecular complexity index is 118. The van der Waals surface area contributed by atoms with E-state index in [0.29, 0.717) is 5.75 Å². The molecule has 0 saturated carbocycles. The molecule has 0 aliphatic rings. The molecule has 6 heteroatoms. The maximum Gasteiger partial charge on any atom is 0.300 e. The molecule has 5 nitrogen and oxygen atoms in total. The Morgan fingerprint density at radius 1 is 1.33 bits per heavy atom. The molecule has 0 amide bonds. The smallest absolute Gasteiger partial charge is 0.300 e. The van der Waals surface area contributed by atoms with Crippen LogP contribution in [0.5, 0.6) is 0 Å². The lowest BCUT2D eigenvalue weighted by atomic mass is 10.9. The van der Waals surface area contributed by atoms with Gasteiger partial charge in [0.15, 0.2) is 0 Å². The molecule has 0 atom stereocenters. The highest BCUT2D eigenvalue weighted by molar-refractivity contribution is 7.80. The summed E-state index contributed by atoms with van der Waals surface area (Å²) in [4.78, 5) is 18.0. The molecule has 0 radical (unpaired) electrons. The second kappa shape index (κ2) is 16.5. The van der Waals surface area contributed by atoms with Crippen molar-refractivity contribution in [1.29, 1.82) is 5.41 Å². The largest absolute Gasteiger partial charge is 0.481 e. The zero-order valence-electron chi connectivity index (χ0n) is 6.94. The molecule has 0 aromatic heterocycles. The van der Waals surface area contributed by atoms with Crippen molar-refractivity contribution in [2.24, 2.45) is 0 Å². The van der Waals surface area contributed by atoms with Crippen LogP contribution < -0.4 is 0 Å². The Morgan fingerprint density at radius 3 is 1.42 bits per heavy atom. The molecule has 0 heterocycles. The van der Waals surface area contributed by atoms with Gasteiger partial charge >= 0.3 is 0 Å². The van der Waals surface area contributed by atoms with Crippen LogP contribution in [0, 0.1) is 5.41 Å². The monoisotopic (exact) mass is 195 g/mol. The molecule has 0 rings (SSSR count). The lowest BCUT2D eigenvalue weighted by Crippen LogP contribution is -1.78. The van der Waals surface area contributed by atoms with Crippen molar-refractivity contribution in [3.8, 4) is 0 Å². The van der Waals surface area contributed by atoms with E-state index in [1.807, 2.05) is 0 Å². The standard InChI is InChI=1S/C2H5NS.2C2H4O2/c3-1-2-4;2*1-2(3)4/h1,3-4H,2H2;2*1H3,(H,3,4). The highest BCUT2D eigenvalue weighted by Gasteiger charge is 1.65. The Labute approximate surface area is 76.3 Å². The molecule has 0 aromatic rings. The molecular formula is C6H13NO4S. The molecule has 0 saturated heterocycles. The number of hydrogen-bond donors (Lipinski definition) is 4. The van der Waals surface area contributed by atoms with Crippen molar-refractivity contribution in [2.75, 3.05) is 5.75 Å². The van der Waals surface area contributed by atoms with E-state index in [1.165, 1.54) is 6.21 Å². The number of carbonyl (C=O) groups is 2. The summed E-state index contributed by atoms with van der Waals surface area (Å²) in [7, 11) is 0. The molecule has 3 N–H and O–H groups in total. The zero-order valence-corrected chi connectivity index (χ0v) is 7.84. The highest BCUT2D eigenvalue weighted by atomic mass is 32.1. The summed E-state index contributed by atoms with van der Waals surface area (Å²) in [6.07, 6.45) is 1.24. The van der Waals surface area contributed by atoms with Gasteiger partial charge in [-0.25, -0.2) is 0 Å². The van der Waals surface area contributed by atoms with Gasteiger partial charge in [0, 0.05) is 25.8 Å². The molecule has 72 valence electrons. The van der Waals surface area contributed by atoms with Crippen LogP contribution in [-0.4, -0.2) is 34.1 Å². The van der Waals surface area contributed by atoms with Crippen LogP contribution in [-0.2, 0) is 9.59 Å². The molecule has 0 unspecified atom stereocenters. The Balaban J connectivity index is -0.000000101. The molecule has 0 aromatic carbocycles. The fraction of sp³-hybridized carbons (Fsp3) is 0.500. The zero-order chi connectivity index (χ0) is 10.6. The van der Waals surface area contributed by atoms with E-state index in [1.54, 1.807) is 0 Å². The first-order valence-electron chi connectivity index (χ1n) is 2.87. The van der Waals surface area contributed by atoms with Gasteiger partial charge in [-0.3, -0.25) is 9.59 Å². The van der Waals surface area contributed by atoms with Gasteiger partial charge in [0.2, 0.25) is 0 Å². The van der Waals surface area contributed by atoms with Crippen LogP contribution in [0.2, 0.25) is 0 Å². The number of hydrogen-bond acceptors (Lipinski definition) is 4. The first kappa shape index (κ1) is 17.2.